The highest BCUT2D eigenvalue weighted by atomic mass is 16.3. The van der Waals surface area contributed by atoms with Gasteiger partial charge in [0.05, 0.1) is 0 Å². The van der Waals surface area contributed by atoms with E-state index in [1.54, 1.807) is 18.7 Å². The molecule has 0 unspecified atom stereocenters. The van der Waals surface area contributed by atoms with Gasteiger partial charge in [0.1, 0.15) is 5.60 Å². The van der Waals surface area contributed by atoms with E-state index in [4.69, 9.17) is 0 Å². The van der Waals surface area contributed by atoms with Gasteiger partial charge in [-0.25, -0.2) is 0 Å². The van der Waals surface area contributed by atoms with Crippen LogP contribution in [0.1, 0.15) is 41.5 Å². The van der Waals surface area contributed by atoms with E-state index in [2.05, 4.69) is 18.7 Å². The van der Waals surface area contributed by atoms with Crippen molar-refractivity contribution in [3.8, 4) is 0 Å². The molecule has 17 heavy (non-hydrogen) atoms. The molecule has 0 aromatic carbocycles. The second kappa shape index (κ2) is 6.97. The van der Waals surface area contributed by atoms with Gasteiger partial charge in [0.15, 0.2) is 0 Å². The number of hydrogen-bond acceptors (Lipinski definition) is 3. The maximum absolute atomic E-state index is 11.8. The van der Waals surface area contributed by atoms with Crippen LogP contribution in [0.25, 0.3) is 0 Å². The molecular weight excluding hydrogens is 216 g/mol. The van der Waals surface area contributed by atoms with Gasteiger partial charge in [-0.2, -0.15) is 0 Å². The van der Waals surface area contributed by atoms with Gasteiger partial charge in [-0.15, -0.1) is 0 Å². The molecular formula is C13H28N2O2. The van der Waals surface area contributed by atoms with Crippen molar-refractivity contribution < 1.29 is 9.90 Å². The lowest BCUT2D eigenvalue weighted by Crippen LogP contribution is -2.55. The Bertz CT molecular complexity index is 226. The zero-order valence-corrected chi connectivity index (χ0v) is 12.2. The Hall–Kier alpha value is -0.610. The number of carbonyl (C=O) groups is 1. The fourth-order valence-corrected chi connectivity index (χ4v) is 1.83. The fourth-order valence-electron chi connectivity index (χ4n) is 1.83. The first-order chi connectivity index (χ1) is 7.82. The summed E-state index contributed by atoms with van der Waals surface area (Å²) in [5, 5.41) is 9.61. The third kappa shape index (κ3) is 5.04. The monoisotopic (exact) mass is 244 g/mol. The molecule has 102 valence electrons. The first-order valence-corrected chi connectivity index (χ1v) is 6.58. The van der Waals surface area contributed by atoms with Gasteiger partial charge in [-0.3, -0.25) is 9.69 Å². The van der Waals surface area contributed by atoms with Crippen molar-refractivity contribution in [2.24, 2.45) is 0 Å². The van der Waals surface area contributed by atoms with Crippen LogP contribution in [0.5, 0.6) is 0 Å². The van der Waals surface area contributed by atoms with E-state index in [0.29, 0.717) is 6.04 Å². The van der Waals surface area contributed by atoms with Gasteiger partial charge in [0.2, 0.25) is 0 Å². The molecule has 1 amide bonds. The predicted octanol–water partition coefficient (Wildman–Crippen LogP) is 1.34. The molecule has 0 saturated carbocycles. The van der Waals surface area contributed by atoms with E-state index >= 15 is 0 Å². The van der Waals surface area contributed by atoms with Gasteiger partial charge in [-0.05, 0) is 27.7 Å². The van der Waals surface area contributed by atoms with E-state index in [1.165, 1.54) is 0 Å². The summed E-state index contributed by atoms with van der Waals surface area (Å²) in [5.41, 5.74) is -1.24. The van der Waals surface area contributed by atoms with Gasteiger partial charge in [-0.1, -0.05) is 13.8 Å². The van der Waals surface area contributed by atoms with Gasteiger partial charge < -0.3 is 10.0 Å². The fraction of sp³-hybridized carbons (Fsp3) is 0.923. The molecule has 1 aliphatic heterocycles. The minimum atomic E-state index is -1.24. The topological polar surface area (TPSA) is 43.8 Å². The average molecular weight is 244 g/mol. The largest absolute Gasteiger partial charge is 0.381 e. The minimum Gasteiger partial charge on any atom is -0.381 e. The molecule has 1 saturated heterocycles. The normalized spacial score (nSPS) is 17.8. The molecule has 1 N–H and O–H groups in total. The van der Waals surface area contributed by atoms with Crippen LogP contribution in [0.15, 0.2) is 0 Å². The number of rotatable bonds is 2. The number of amides is 1. The Morgan fingerprint density at radius 1 is 1.12 bits per heavy atom. The van der Waals surface area contributed by atoms with Crippen LogP contribution in [-0.4, -0.2) is 58.6 Å². The standard InChI is InChI=1S/C11H22N2O2.C2H6/c1-9(2)12-5-7-13(8-6-12)10(14)11(3,4)15;1-2/h9,15H,5-8H2,1-4H3;1-2H3. The van der Waals surface area contributed by atoms with E-state index in [0.717, 1.165) is 26.2 Å². The summed E-state index contributed by atoms with van der Waals surface area (Å²) in [7, 11) is 0. The van der Waals surface area contributed by atoms with Gasteiger partial charge in [0, 0.05) is 32.2 Å². The molecule has 4 nitrogen and oxygen atoms in total. The molecule has 1 aliphatic rings. The molecule has 1 heterocycles. The third-order valence-corrected chi connectivity index (χ3v) is 2.86. The first kappa shape index (κ1) is 16.4. The smallest absolute Gasteiger partial charge is 0.254 e. The van der Waals surface area contributed by atoms with Crippen LogP contribution in [0.2, 0.25) is 0 Å². The highest BCUT2D eigenvalue weighted by Gasteiger charge is 2.31. The minimum absolute atomic E-state index is 0.161. The van der Waals surface area contributed by atoms with Crippen molar-refractivity contribution in [2.45, 2.75) is 53.2 Å². The quantitative estimate of drug-likeness (QED) is 0.797. The SMILES string of the molecule is CC.CC(C)N1CCN(C(=O)C(C)(C)O)CC1. The zero-order chi connectivity index (χ0) is 13.6. The Kier molecular flexibility index (Phi) is 6.72. The van der Waals surface area contributed by atoms with E-state index in [-0.39, 0.29) is 5.91 Å². The Balaban J connectivity index is 0.00000121. The van der Waals surface area contributed by atoms with E-state index in [1.807, 2.05) is 13.8 Å². The van der Waals surface area contributed by atoms with Crippen LogP contribution in [0.4, 0.5) is 0 Å². The summed E-state index contributed by atoms with van der Waals surface area (Å²) in [6.07, 6.45) is 0. The zero-order valence-electron chi connectivity index (χ0n) is 12.2. The van der Waals surface area contributed by atoms with Gasteiger partial charge in [0.25, 0.3) is 5.91 Å². The number of carbonyl (C=O) groups excluding carboxylic acids is 1. The van der Waals surface area contributed by atoms with Crippen LogP contribution >= 0.6 is 0 Å². The number of nitrogens with zero attached hydrogens (tertiary/aromatic N) is 2. The third-order valence-electron chi connectivity index (χ3n) is 2.86. The molecule has 0 radical (unpaired) electrons. The highest BCUT2D eigenvalue weighted by molar-refractivity contribution is 5.84. The van der Waals surface area contributed by atoms with Crippen molar-refractivity contribution in [3.05, 3.63) is 0 Å². The van der Waals surface area contributed by atoms with E-state index in [9.17, 15) is 9.90 Å². The lowest BCUT2D eigenvalue weighted by atomic mass is 10.1. The van der Waals surface area contributed by atoms with Crippen LogP contribution in [0, 0.1) is 0 Å². The summed E-state index contributed by atoms with van der Waals surface area (Å²) in [6.45, 7) is 14.7. The van der Waals surface area contributed by atoms with Crippen LogP contribution in [-0.2, 0) is 4.79 Å². The number of aliphatic hydroxyl groups is 1. The maximum Gasteiger partial charge on any atom is 0.254 e. The molecule has 0 bridgehead atoms. The lowest BCUT2D eigenvalue weighted by molar-refractivity contribution is -0.149. The van der Waals surface area contributed by atoms with Crippen LogP contribution in [0.3, 0.4) is 0 Å². The Morgan fingerprint density at radius 2 is 1.53 bits per heavy atom. The molecule has 0 spiro atoms. The molecule has 1 rings (SSSR count). The molecule has 0 aliphatic carbocycles. The summed E-state index contributed by atoms with van der Waals surface area (Å²) < 4.78 is 0. The second-order valence-corrected chi connectivity index (χ2v) is 4.98. The maximum atomic E-state index is 11.8. The van der Waals surface area contributed by atoms with Crippen molar-refractivity contribution in [3.63, 3.8) is 0 Å². The lowest BCUT2D eigenvalue weighted by Gasteiger charge is -2.38. The Labute approximate surface area is 106 Å². The van der Waals surface area contributed by atoms with Crippen molar-refractivity contribution >= 4 is 5.91 Å². The average Bonchev–Trinajstić information content (AvgIpc) is 2.29. The van der Waals surface area contributed by atoms with E-state index < -0.39 is 5.60 Å². The number of hydrogen-bond donors (Lipinski definition) is 1. The summed E-state index contributed by atoms with van der Waals surface area (Å²) in [5.74, 6) is -0.161. The van der Waals surface area contributed by atoms with Crippen LogP contribution < -0.4 is 0 Å². The van der Waals surface area contributed by atoms with Crippen molar-refractivity contribution in [1.29, 1.82) is 0 Å². The summed E-state index contributed by atoms with van der Waals surface area (Å²) in [4.78, 5) is 15.8. The molecule has 0 aromatic rings. The number of piperazine rings is 1. The van der Waals surface area contributed by atoms with Crippen molar-refractivity contribution in [2.75, 3.05) is 26.2 Å². The second-order valence-electron chi connectivity index (χ2n) is 4.98. The van der Waals surface area contributed by atoms with Gasteiger partial charge >= 0.3 is 0 Å². The molecule has 0 atom stereocenters. The summed E-state index contributed by atoms with van der Waals surface area (Å²) in [6, 6.07) is 0.532. The first-order valence-electron chi connectivity index (χ1n) is 6.58. The van der Waals surface area contributed by atoms with Crippen molar-refractivity contribution in [1.82, 2.24) is 9.80 Å². The highest BCUT2D eigenvalue weighted by Crippen LogP contribution is 2.11. The molecule has 0 aromatic heterocycles. The molecule has 4 heteroatoms. The summed E-state index contributed by atoms with van der Waals surface area (Å²) >= 11 is 0. The Morgan fingerprint density at radius 3 is 1.82 bits per heavy atom. The molecule has 1 fully saturated rings. The predicted molar refractivity (Wildman–Crippen MR) is 70.9 cm³/mol.